The molecule has 0 unspecified atom stereocenters. The number of phenolic OH excluding ortho intramolecular Hbond substituents is 1. The molecule has 1 atom stereocenters. The molecular weight excluding hydrogens is 250 g/mol. The van der Waals surface area contributed by atoms with E-state index in [0.29, 0.717) is 18.5 Å². The Kier molecular flexibility index (Phi) is 5.53. The van der Waals surface area contributed by atoms with E-state index in [1.165, 1.54) is 19.2 Å². The second-order valence-corrected chi connectivity index (χ2v) is 4.23. The first-order valence-corrected chi connectivity index (χ1v) is 6.02. The average molecular weight is 269 g/mol. The highest BCUT2D eigenvalue weighted by atomic mass is 16.6. The second kappa shape index (κ2) is 6.91. The van der Waals surface area contributed by atoms with Gasteiger partial charge < -0.3 is 21.3 Å². The molecule has 0 spiro atoms. The van der Waals surface area contributed by atoms with Crippen LogP contribution in [0, 0.1) is 10.1 Å². The molecule has 5 N–H and O–H groups in total. The zero-order valence-corrected chi connectivity index (χ0v) is 10.8. The van der Waals surface area contributed by atoms with Crippen molar-refractivity contribution in [1.29, 1.82) is 0 Å². The molecule has 0 aliphatic rings. The van der Waals surface area contributed by atoms with Crippen molar-refractivity contribution in [1.82, 2.24) is 0 Å². The largest absolute Gasteiger partial charge is 0.504 e. The minimum absolute atomic E-state index is 0.0541. The van der Waals surface area contributed by atoms with Gasteiger partial charge in [-0.3, -0.25) is 10.1 Å². The van der Waals surface area contributed by atoms with Crippen LogP contribution in [-0.4, -0.2) is 23.7 Å². The molecule has 7 heteroatoms. The van der Waals surface area contributed by atoms with Gasteiger partial charge in [-0.25, -0.2) is 0 Å². The molecule has 0 heterocycles. The fourth-order valence-electron chi connectivity index (χ4n) is 1.82. The van der Waals surface area contributed by atoms with E-state index in [9.17, 15) is 15.2 Å². The lowest BCUT2D eigenvalue weighted by atomic mass is 10.00. The van der Waals surface area contributed by atoms with Crippen LogP contribution in [0.15, 0.2) is 12.1 Å². The summed E-state index contributed by atoms with van der Waals surface area (Å²) in [4.78, 5) is 10.3. The average Bonchev–Trinajstić information content (AvgIpc) is 2.38. The summed E-state index contributed by atoms with van der Waals surface area (Å²) >= 11 is 0. The molecule has 0 saturated carbocycles. The third kappa shape index (κ3) is 3.80. The van der Waals surface area contributed by atoms with E-state index in [2.05, 4.69) is 0 Å². The highest BCUT2D eigenvalue weighted by molar-refractivity contribution is 5.54. The number of rotatable bonds is 7. The first-order chi connectivity index (χ1) is 9.01. The van der Waals surface area contributed by atoms with Crippen LogP contribution < -0.4 is 16.2 Å². The van der Waals surface area contributed by atoms with Crippen LogP contribution in [0.3, 0.4) is 0 Å². The Morgan fingerprint density at radius 1 is 1.47 bits per heavy atom. The van der Waals surface area contributed by atoms with Gasteiger partial charge in [0.25, 0.3) is 5.69 Å². The Bertz CT molecular complexity index is 451. The Morgan fingerprint density at radius 3 is 2.68 bits per heavy atom. The number of hydrogen-bond acceptors (Lipinski definition) is 6. The van der Waals surface area contributed by atoms with Gasteiger partial charge in [0.1, 0.15) is 0 Å². The number of unbranched alkanes of at least 4 members (excludes halogenated alkanes) is 1. The minimum Gasteiger partial charge on any atom is -0.504 e. The van der Waals surface area contributed by atoms with Gasteiger partial charge in [0.15, 0.2) is 11.5 Å². The fourth-order valence-corrected chi connectivity index (χ4v) is 1.82. The third-order valence-corrected chi connectivity index (χ3v) is 2.89. The summed E-state index contributed by atoms with van der Waals surface area (Å²) in [5.41, 5.74) is 11.5. The number of methoxy groups -OCH3 is 1. The molecule has 0 bridgehead atoms. The van der Waals surface area contributed by atoms with Crippen LogP contribution in [0.25, 0.3) is 0 Å². The first kappa shape index (κ1) is 15.2. The number of hydrogen-bond donors (Lipinski definition) is 3. The number of benzene rings is 1. The van der Waals surface area contributed by atoms with Crippen LogP contribution in [0.2, 0.25) is 0 Å². The van der Waals surface area contributed by atoms with Gasteiger partial charge >= 0.3 is 0 Å². The highest BCUT2D eigenvalue weighted by Gasteiger charge is 2.20. The Labute approximate surface area is 111 Å². The van der Waals surface area contributed by atoms with Gasteiger partial charge in [-0.2, -0.15) is 0 Å². The summed E-state index contributed by atoms with van der Waals surface area (Å²) in [5.74, 6) is -0.0909. The number of nitro groups is 1. The summed E-state index contributed by atoms with van der Waals surface area (Å²) in [5, 5.41) is 20.8. The molecule has 1 aromatic rings. The van der Waals surface area contributed by atoms with Crippen molar-refractivity contribution in [2.24, 2.45) is 11.5 Å². The van der Waals surface area contributed by atoms with Gasteiger partial charge in [0.2, 0.25) is 0 Å². The van der Waals surface area contributed by atoms with E-state index in [4.69, 9.17) is 16.2 Å². The molecule has 19 heavy (non-hydrogen) atoms. The van der Waals surface area contributed by atoms with Gasteiger partial charge in [-0.1, -0.05) is 6.42 Å². The lowest BCUT2D eigenvalue weighted by Crippen LogP contribution is -2.12. The molecular formula is C12H19N3O4. The lowest BCUT2D eigenvalue weighted by molar-refractivity contribution is -0.385. The summed E-state index contributed by atoms with van der Waals surface area (Å²) in [7, 11) is 1.34. The molecule has 0 amide bonds. The molecule has 0 radical (unpaired) electrons. The van der Waals surface area contributed by atoms with Crippen LogP contribution in [0.4, 0.5) is 5.69 Å². The van der Waals surface area contributed by atoms with Crippen molar-refractivity contribution in [3.63, 3.8) is 0 Å². The van der Waals surface area contributed by atoms with Crippen molar-refractivity contribution >= 4 is 5.69 Å². The fraction of sp³-hybridized carbons (Fsp3) is 0.500. The topological polar surface area (TPSA) is 125 Å². The smallest absolute Gasteiger partial charge is 0.273 e. The minimum atomic E-state index is -0.544. The maximum atomic E-state index is 10.8. The number of nitrogens with two attached hydrogens (primary N) is 2. The molecule has 7 nitrogen and oxygen atoms in total. The highest BCUT2D eigenvalue weighted by Crippen LogP contribution is 2.38. The van der Waals surface area contributed by atoms with Gasteiger partial charge in [0.05, 0.1) is 18.1 Å². The monoisotopic (exact) mass is 269 g/mol. The van der Waals surface area contributed by atoms with Crippen LogP contribution in [0.5, 0.6) is 11.5 Å². The number of nitro benzene ring substituents is 1. The van der Waals surface area contributed by atoms with Crippen LogP contribution in [-0.2, 0) is 0 Å². The van der Waals surface area contributed by atoms with E-state index < -0.39 is 11.0 Å². The summed E-state index contributed by atoms with van der Waals surface area (Å²) in [6.45, 7) is 0.566. The van der Waals surface area contributed by atoms with Gasteiger partial charge in [0, 0.05) is 17.7 Å². The zero-order valence-electron chi connectivity index (χ0n) is 10.8. The van der Waals surface area contributed by atoms with E-state index >= 15 is 0 Å². The normalized spacial score (nSPS) is 12.2. The lowest BCUT2D eigenvalue weighted by Gasteiger charge is -2.15. The predicted molar refractivity (Wildman–Crippen MR) is 71.1 cm³/mol. The quantitative estimate of drug-likeness (QED) is 0.390. The van der Waals surface area contributed by atoms with Crippen molar-refractivity contribution in [2.75, 3.05) is 13.7 Å². The number of phenols is 1. The van der Waals surface area contributed by atoms with Gasteiger partial charge in [-0.05, 0) is 19.4 Å². The predicted octanol–water partition coefficient (Wildman–Crippen LogP) is 1.44. The van der Waals surface area contributed by atoms with Gasteiger partial charge in [-0.15, -0.1) is 0 Å². The summed E-state index contributed by atoms with van der Waals surface area (Å²) < 4.78 is 4.92. The second-order valence-electron chi connectivity index (χ2n) is 4.23. The standard InChI is InChI=1S/C12H19N3O4/c1-19-11-7-8(15(17)18)6-9(12(11)16)10(14)4-2-3-5-13/h6-7,10,16H,2-5,13-14H2,1H3/t10-/m1/s1. The van der Waals surface area contributed by atoms with Crippen LogP contribution >= 0.6 is 0 Å². The van der Waals surface area contributed by atoms with E-state index in [0.717, 1.165) is 12.8 Å². The van der Waals surface area contributed by atoms with Crippen molar-refractivity contribution < 1.29 is 14.8 Å². The molecule has 106 valence electrons. The molecule has 1 aromatic carbocycles. The number of aromatic hydroxyl groups is 1. The molecule has 0 saturated heterocycles. The van der Waals surface area contributed by atoms with Crippen LogP contribution in [0.1, 0.15) is 30.9 Å². The maximum Gasteiger partial charge on any atom is 0.273 e. The summed E-state index contributed by atoms with van der Waals surface area (Å²) in [6, 6.07) is 1.97. The van der Waals surface area contributed by atoms with E-state index in [-0.39, 0.29) is 17.2 Å². The number of non-ortho nitro benzene ring substituents is 1. The Hall–Kier alpha value is -1.86. The van der Waals surface area contributed by atoms with Crippen molar-refractivity contribution in [3.8, 4) is 11.5 Å². The SMILES string of the molecule is COc1cc([N+](=O)[O-])cc([C@H](N)CCCCN)c1O. The summed E-state index contributed by atoms with van der Waals surface area (Å²) in [6.07, 6.45) is 2.21. The Balaban J connectivity index is 3.03. The molecule has 0 aliphatic heterocycles. The molecule has 0 fully saturated rings. The van der Waals surface area contributed by atoms with E-state index in [1.807, 2.05) is 0 Å². The zero-order chi connectivity index (χ0) is 14.4. The molecule has 1 rings (SSSR count). The van der Waals surface area contributed by atoms with Crippen molar-refractivity contribution in [2.45, 2.75) is 25.3 Å². The third-order valence-electron chi connectivity index (χ3n) is 2.89. The van der Waals surface area contributed by atoms with E-state index in [1.54, 1.807) is 0 Å². The molecule has 0 aliphatic carbocycles. The van der Waals surface area contributed by atoms with Crippen molar-refractivity contribution in [3.05, 3.63) is 27.8 Å². The Morgan fingerprint density at radius 2 is 2.16 bits per heavy atom. The number of nitrogens with zero attached hydrogens (tertiary/aromatic N) is 1. The maximum absolute atomic E-state index is 10.8. The first-order valence-electron chi connectivity index (χ1n) is 6.02. The molecule has 0 aromatic heterocycles. The number of ether oxygens (including phenoxy) is 1.